The van der Waals surface area contributed by atoms with Crippen LogP contribution in [0, 0.1) is 0 Å². The van der Waals surface area contributed by atoms with Crippen molar-refractivity contribution in [3.8, 4) is 0 Å². The molecule has 1 rings (SSSR count). The number of hydrogen-bond acceptors (Lipinski definition) is 2. The van der Waals surface area contributed by atoms with Crippen molar-refractivity contribution in [3.63, 3.8) is 0 Å². The third kappa shape index (κ3) is 14.8. The van der Waals surface area contributed by atoms with Crippen LogP contribution in [0.25, 0.3) is 0 Å². The minimum Gasteiger partial charge on any atom is -0.324 e. The molecular formula is C24H40Cl2N2O. The minimum atomic E-state index is -0.0977. The number of rotatable bonds is 18. The van der Waals surface area contributed by atoms with Gasteiger partial charge in [0.1, 0.15) is 0 Å². The van der Waals surface area contributed by atoms with Crippen LogP contribution in [0.1, 0.15) is 96.8 Å². The molecule has 166 valence electrons. The molecule has 0 saturated heterocycles. The standard InChI is InChI=1S/C24H40Cl2N2O/c1-2-3-4-5-6-7-8-9-10-11-12-13-14-15-18-27-20-24(29)28-23-19-21(25)16-17-22(23)26/h16-17,19,27H,2-15,18,20H2,1H3,(H,28,29). The van der Waals surface area contributed by atoms with Crippen LogP contribution in [0.2, 0.25) is 10.0 Å². The van der Waals surface area contributed by atoms with E-state index in [0.717, 1.165) is 13.0 Å². The molecule has 1 aromatic rings. The zero-order chi connectivity index (χ0) is 21.2. The zero-order valence-corrected chi connectivity index (χ0v) is 19.7. The molecule has 0 aliphatic heterocycles. The molecule has 2 N–H and O–H groups in total. The van der Waals surface area contributed by atoms with E-state index in [2.05, 4.69) is 17.6 Å². The number of carbonyl (C=O) groups is 1. The van der Waals surface area contributed by atoms with Crippen LogP contribution in [0.4, 0.5) is 5.69 Å². The Labute approximate surface area is 188 Å². The molecular weight excluding hydrogens is 403 g/mol. The first-order valence-electron chi connectivity index (χ1n) is 11.6. The Morgan fingerprint density at radius 2 is 1.31 bits per heavy atom. The summed E-state index contributed by atoms with van der Waals surface area (Å²) in [5, 5.41) is 7.03. The summed E-state index contributed by atoms with van der Waals surface area (Å²) in [5.41, 5.74) is 0.558. The molecule has 0 saturated carbocycles. The van der Waals surface area contributed by atoms with Gasteiger partial charge in [-0.15, -0.1) is 0 Å². The van der Waals surface area contributed by atoms with Gasteiger partial charge in [-0.05, 0) is 31.2 Å². The Hall–Kier alpha value is -0.770. The van der Waals surface area contributed by atoms with Gasteiger partial charge in [0, 0.05) is 5.02 Å². The molecule has 0 fully saturated rings. The van der Waals surface area contributed by atoms with E-state index in [9.17, 15) is 4.79 Å². The van der Waals surface area contributed by atoms with E-state index in [1.807, 2.05) is 0 Å². The smallest absolute Gasteiger partial charge is 0.238 e. The predicted octanol–water partition coefficient (Wildman–Crippen LogP) is 8.00. The Kier molecular flexibility index (Phi) is 16.3. The van der Waals surface area contributed by atoms with Crippen LogP contribution in [-0.2, 0) is 4.79 Å². The maximum absolute atomic E-state index is 11.9. The number of anilines is 1. The van der Waals surface area contributed by atoms with Gasteiger partial charge in [-0.1, -0.05) is 114 Å². The van der Waals surface area contributed by atoms with E-state index in [1.165, 1.54) is 83.5 Å². The average Bonchev–Trinajstić information content (AvgIpc) is 2.70. The van der Waals surface area contributed by atoms with E-state index in [1.54, 1.807) is 18.2 Å². The molecule has 29 heavy (non-hydrogen) atoms. The van der Waals surface area contributed by atoms with Gasteiger partial charge >= 0.3 is 0 Å². The molecule has 5 heteroatoms. The van der Waals surface area contributed by atoms with Gasteiger partial charge < -0.3 is 10.6 Å². The van der Waals surface area contributed by atoms with Crippen LogP contribution in [0.5, 0.6) is 0 Å². The first-order chi connectivity index (χ1) is 14.1. The quantitative estimate of drug-likeness (QED) is 0.226. The number of nitrogens with one attached hydrogen (secondary N) is 2. The fraction of sp³-hybridized carbons (Fsp3) is 0.708. The Morgan fingerprint density at radius 1 is 0.793 bits per heavy atom. The van der Waals surface area contributed by atoms with Crippen molar-refractivity contribution in [2.24, 2.45) is 0 Å². The van der Waals surface area contributed by atoms with Gasteiger partial charge in [-0.3, -0.25) is 4.79 Å². The summed E-state index contributed by atoms with van der Waals surface area (Å²) in [6, 6.07) is 5.05. The first-order valence-corrected chi connectivity index (χ1v) is 12.3. The SMILES string of the molecule is CCCCCCCCCCCCCCCCNCC(=O)Nc1cc(Cl)ccc1Cl. The molecule has 0 spiro atoms. The number of carbonyl (C=O) groups excluding carboxylic acids is 1. The maximum atomic E-state index is 11.9. The first kappa shape index (κ1) is 26.3. The third-order valence-electron chi connectivity index (χ3n) is 5.20. The molecule has 0 aliphatic carbocycles. The molecule has 0 bridgehead atoms. The molecule has 0 heterocycles. The highest BCUT2D eigenvalue weighted by atomic mass is 35.5. The van der Waals surface area contributed by atoms with Crippen LogP contribution in [0.15, 0.2) is 18.2 Å². The minimum absolute atomic E-state index is 0.0977. The van der Waals surface area contributed by atoms with Crippen molar-refractivity contribution >= 4 is 34.8 Å². The Balaban J connectivity index is 1.85. The van der Waals surface area contributed by atoms with Crippen molar-refractivity contribution < 1.29 is 4.79 Å². The number of unbranched alkanes of at least 4 members (excludes halogenated alkanes) is 13. The van der Waals surface area contributed by atoms with E-state index in [0.29, 0.717) is 22.3 Å². The van der Waals surface area contributed by atoms with Crippen molar-refractivity contribution in [2.45, 2.75) is 96.8 Å². The number of halogens is 2. The zero-order valence-electron chi connectivity index (χ0n) is 18.2. The van der Waals surface area contributed by atoms with E-state index in [4.69, 9.17) is 23.2 Å². The highest BCUT2D eigenvalue weighted by Crippen LogP contribution is 2.25. The lowest BCUT2D eigenvalue weighted by atomic mass is 10.0. The summed E-state index contributed by atoms with van der Waals surface area (Å²) in [7, 11) is 0. The molecule has 0 radical (unpaired) electrons. The summed E-state index contributed by atoms with van der Waals surface area (Å²) in [5.74, 6) is -0.0977. The summed E-state index contributed by atoms with van der Waals surface area (Å²) in [4.78, 5) is 11.9. The molecule has 1 amide bonds. The van der Waals surface area contributed by atoms with Crippen molar-refractivity contribution in [1.29, 1.82) is 0 Å². The molecule has 0 atom stereocenters. The summed E-state index contributed by atoms with van der Waals surface area (Å²) in [6.07, 6.45) is 19.0. The van der Waals surface area contributed by atoms with Crippen molar-refractivity contribution in [3.05, 3.63) is 28.2 Å². The van der Waals surface area contributed by atoms with E-state index < -0.39 is 0 Å². The summed E-state index contributed by atoms with van der Waals surface area (Å²) >= 11 is 12.0. The molecule has 0 aromatic heterocycles. The predicted molar refractivity (Wildman–Crippen MR) is 128 cm³/mol. The number of amides is 1. The van der Waals surface area contributed by atoms with Gasteiger partial charge in [0.05, 0.1) is 17.3 Å². The third-order valence-corrected chi connectivity index (χ3v) is 5.76. The monoisotopic (exact) mass is 442 g/mol. The normalized spacial score (nSPS) is 11.0. The van der Waals surface area contributed by atoms with Crippen LogP contribution in [0.3, 0.4) is 0 Å². The highest BCUT2D eigenvalue weighted by Gasteiger charge is 2.06. The van der Waals surface area contributed by atoms with Gasteiger partial charge in [0.15, 0.2) is 0 Å². The van der Waals surface area contributed by atoms with Crippen LogP contribution < -0.4 is 10.6 Å². The van der Waals surface area contributed by atoms with Gasteiger partial charge in [-0.25, -0.2) is 0 Å². The largest absolute Gasteiger partial charge is 0.324 e. The average molecular weight is 444 g/mol. The van der Waals surface area contributed by atoms with Crippen LogP contribution >= 0.6 is 23.2 Å². The van der Waals surface area contributed by atoms with Gasteiger partial charge in [-0.2, -0.15) is 0 Å². The van der Waals surface area contributed by atoms with E-state index in [-0.39, 0.29) is 5.91 Å². The second-order valence-corrected chi connectivity index (χ2v) is 8.79. The number of hydrogen-bond donors (Lipinski definition) is 2. The molecule has 1 aromatic carbocycles. The highest BCUT2D eigenvalue weighted by molar-refractivity contribution is 6.35. The Bertz CT molecular complexity index is 552. The Morgan fingerprint density at radius 3 is 1.86 bits per heavy atom. The fourth-order valence-corrected chi connectivity index (χ4v) is 3.77. The van der Waals surface area contributed by atoms with Gasteiger partial charge in [0.25, 0.3) is 0 Å². The summed E-state index contributed by atoms with van der Waals surface area (Å²) in [6.45, 7) is 3.44. The number of benzene rings is 1. The second kappa shape index (κ2) is 18.0. The summed E-state index contributed by atoms with van der Waals surface area (Å²) < 4.78 is 0. The second-order valence-electron chi connectivity index (χ2n) is 7.95. The lowest BCUT2D eigenvalue weighted by molar-refractivity contribution is -0.115. The van der Waals surface area contributed by atoms with Crippen molar-refractivity contribution in [2.75, 3.05) is 18.4 Å². The lowest BCUT2D eigenvalue weighted by Gasteiger charge is -2.08. The van der Waals surface area contributed by atoms with Crippen LogP contribution in [-0.4, -0.2) is 19.0 Å². The lowest BCUT2D eigenvalue weighted by Crippen LogP contribution is -2.28. The maximum Gasteiger partial charge on any atom is 0.238 e. The molecule has 0 aliphatic rings. The van der Waals surface area contributed by atoms with Crippen molar-refractivity contribution in [1.82, 2.24) is 5.32 Å². The van der Waals surface area contributed by atoms with Gasteiger partial charge in [0.2, 0.25) is 5.91 Å². The molecule has 3 nitrogen and oxygen atoms in total. The topological polar surface area (TPSA) is 41.1 Å². The molecule has 0 unspecified atom stereocenters. The van der Waals surface area contributed by atoms with E-state index >= 15 is 0 Å². The fourth-order valence-electron chi connectivity index (χ4n) is 3.43.